The minimum absolute atomic E-state index is 0.0616. The summed E-state index contributed by atoms with van der Waals surface area (Å²) >= 11 is 0. The third-order valence-corrected chi connectivity index (χ3v) is 6.13. The maximum absolute atomic E-state index is 13.9. The molecule has 0 aromatic heterocycles. The molecule has 1 unspecified atom stereocenters. The summed E-state index contributed by atoms with van der Waals surface area (Å²) in [5.74, 6) is -2.96. The first-order chi connectivity index (χ1) is 15.9. The van der Waals surface area contributed by atoms with Gasteiger partial charge in [-0.05, 0) is 24.3 Å². The number of piperazine rings is 1. The molecule has 174 valence electrons. The van der Waals surface area contributed by atoms with Crippen molar-refractivity contribution in [3.8, 4) is 0 Å². The quantitative estimate of drug-likeness (QED) is 0.721. The molecule has 2 fully saturated rings. The molecule has 9 heteroatoms. The third kappa shape index (κ3) is 5.19. The normalized spacial score (nSPS) is 19.1. The van der Waals surface area contributed by atoms with Crippen molar-refractivity contribution in [2.45, 2.75) is 6.42 Å². The highest BCUT2D eigenvalue weighted by Gasteiger charge is 2.35. The van der Waals surface area contributed by atoms with Gasteiger partial charge >= 0.3 is 0 Å². The highest BCUT2D eigenvalue weighted by molar-refractivity contribution is 6.00. The van der Waals surface area contributed by atoms with Gasteiger partial charge in [0, 0.05) is 57.9 Å². The lowest BCUT2D eigenvalue weighted by atomic mass is 10.1. The van der Waals surface area contributed by atoms with E-state index in [-0.39, 0.29) is 24.2 Å². The highest BCUT2D eigenvalue weighted by atomic mass is 19.1. The van der Waals surface area contributed by atoms with Crippen molar-refractivity contribution >= 4 is 23.4 Å². The Morgan fingerprint density at radius 2 is 1.61 bits per heavy atom. The number of halogens is 2. The smallest absolute Gasteiger partial charge is 0.259 e. The van der Waals surface area contributed by atoms with Crippen molar-refractivity contribution in [3.05, 3.63) is 65.7 Å². The summed E-state index contributed by atoms with van der Waals surface area (Å²) in [5, 5.41) is 2.90. The van der Waals surface area contributed by atoms with E-state index in [1.54, 1.807) is 4.90 Å². The van der Waals surface area contributed by atoms with Crippen LogP contribution >= 0.6 is 0 Å². The predicted octanol–water partition coefficient (Wildman–Crippen LogP) is 1.89. The molecule has 1 N–H and O–H groups in total. The average molecular weight is 456 g/mol. The molecule has 2 heterocycles. The Balaban J connectivity index is 1.20. The zero-order valence-corrected chi connectivity index (χ0v) is 18.2. The van der Waals surface area contributed by atoms with Gasteiger partial charge in [0.1, 0.15) is 17.2 Å². The van der Waals surface area contributed by atoms with E-state index in [0.717, 1.165) is 17.8 Å². The number of benzene rings is 2. The fourth-order valence-electron chi connectivity index (χ4n) is 4.26. The van der Waals surface area contributed by atoms with Crippen LogP contribution in [0.2, 0.25) is 0 Å². The molecule has 0 radical (unpaired) electrons. The minimum Gasteiger partial charge on any atom is -0.355 e. The summed E-state index contributed by atoms with van der Waals surface area (Å²) in [6, 6.07) is 12.7. The number of carbonyl (C=O) groups excluding carboxylic acids is 3. The summed E-state index contributed by atoms with van der Waals surface area (Å²) in [5.41, 5.74) is 0.273. The van der Waals surface area contributed by atoms with Gasteiger partial charge in [0.2, 0.25) is 11.8 Å². The van der Waals surface area contributed by atoms with Crippen LogP contribution < -0.4 is 10.2 Å². The minimum atomic E-state index is -0.860. The number of carbonyl (C=O) groups is 3. The van der Waals surface area contributed by atoms with Gasteiger partial charge < -0.3 is 15.1 Å². The Hall–Kier alpha value is -3.33. The number of nitrogens with zero attached hydrogens (tertiary/aromatic N) is 3. The van der Waals surface area contributed by atoms with E-state index in [9.17, 15) is 23.2 Å². The van der Waals surface area contributed by atoms with Crippen molar-refractivity contribution < 1.29 is 23.2 Å². The van der Waals surface area contributed by atoms with Crippen LogP contribution in [0.1, 0.15) is 16.8 Å². The maximum Gasteiger partial charge on any atom is 0.259 e. The van der Waals surface area contributed by atoms with Crippen LogP contribution in [0.25, 0.3) is 0 Å². The molecule has 0 spiro atoms. The maximum atomic E-state index is 13.9. The van der Waals surface area contributed by atoms with Crippen LogP contribution in [0.5, 0.6) is 0 Å². The molecule has 33 heavy (non-hydrogen) atoms. The van der Waals surface area contributed by atoms with E-state index >= 15 is 0 Å². The molecule has 2 saturated heterocycles. The van der Waals surface area contributed by atoms with Gasteiger partial charge in [0.15, 0.2) is 0 Å². The van der Waals surface area contributed by atoms with Crippen molar-refractivity contribution in [2.24, 2.45) is 5.92 Å². The lowest BCUT2D eigenvalue weighted by Gasteiger charge is -2.34. The van der Waals surface area contributed by atoms with Crippen LogP contribution in [0, 0.1) is 17.6 Å². The van der Waals surface area contributed by atoms with Crippen molar-refractivity contribution in [3.63, 3.8) is 0 Å². The Bertz CT molecular complexity index is 1010. The zero-order valence-electron chi connectivity index (χ0n) is 18.2. The number of hydrogen-bond donors (Lipinski definition) is 1. The summed E-state index contributed by atoms with van der Waals surface area (Å²) in [7, 11) is 0. The van der Waals surface area contributed by atoms with Crippen LogP contribution in [0.4, 0.5) is 14.5 Å². The Kier molecular flexibility index (Phi) is 6.98. The molecular weight excluding hydrogens is 430 g/mol. The van der Waals surface area contributed by atoms with Crippen LogP contribution in [0.3, 0.4) is 0 Å². The second-order valence-corrected chi connectivity index (χ2v) is 8.26. The number of nitrogens with one attached hydrogen (secondary N) is 1. The molecule has 2 aliphatic heterocycles. The molecule has 0 saturated carbocycles. The number of hydrogen-bond acceptors (Lipinski definition) is 4. The second-order valence-electron chi connectivity index (χ2n) is 8.26. The van der Waals surface area contributed by atoms with Crippen LogP contribution in [-0.2, 0) is 9.59 Å². The number of anilines is 1. The monoisotopic (exact) mass is 456 g/mol. The largest absolute Gasteiger partial charge is 0.355 e. The average Bonchev–Trinajstić information content (AvgIpc) is 3.21. The summed E-state index contributed by atoms with van der Waals surface area (Å²) in [6.45, 7) is 3.16. The summed E-state index contributed by atoms with van der Waals surface area (Å²) in [6.07, 6.45) is 0.189. The second kappa shape index (κ2) is 10.1. The highest BCUT2D eigenvalue weighted by Crippen LogP contribution is 2.24. The SMILES string of the molecule is O=C(NCCN1CCN(C(=O)c2c(F)cccc2F)CC1)C1CC(=O)N(c2ccccc2)C1. The Labute approximate surface area is 191 Å². The fourth-order valence-corrected chi connectivity index (χ4v) is 4.26. The number of rotatable bonds is 6. The zero-order chi connectivity index (χ0) is 23.4. The molecule has 7 nitrogen and oxygen atoms in total. The van der Waals surface area contributed by atoms with E-state index in [1.807, 2.05) is 30.3 Å². The first-order valence-corrected chi connectivity index (χ1v) is 11.0. The molecule has 0 bridgehead atoms. The van der Waals surface area contributed by atoms with E-state index in [4.69, 9.17) is 0 Å². The molecule has 2 aromatic rings. The lowest BCUT2D eigenvalue weighted by Crippen LogP contribution is -2.50. The lowest BCUT2D eigenvalue weighted by molar-refractivity contribution is -0.126. The topological polar surface area (TPSA) is 73.0 Å². The fraction of sp³-hybridized carbons (Fsp3) is 0.375. The van der Waals surface area contributed by atoms with Gasteiger partial charge in [0.05, 0.1) is 5.92 Å². The van der Waals surface area contributed by atoms with E-state index in [0.29, 0.717) is 45.8 Å². The van der Waals surface area contributed by atoms with Crippen molar-refractivity contribution in [1.82, 2.24) is 15.1 Å². The molecule has 1 atom stereocenters. The van der Waals surface area contributed by atoms with Crippen molar-refractivity contribution in [2.75, 3.05) is 50.7 Å². The van der Waals surface area contributed by atoms with Gasteiger partial charge in [-0.1, -0.05) is 24.3 Å². The van der Waals surface area contributed by atoms with Crippen LogP contribution in [0.15, 0.2) is 48.5 Å². The molecule has 2 aliphatic rings. The molecule has 4 rings (SSSR count). The van der Waals surface area contributed by atoms with Gasteiger partial charge in [0.25, 0.3) is 5.91 Å². The summed E-state index contributed by atoms with van der Waals surface area (Å²) in [4.78, 5) is 42.5. The predicted molar refractivity (Wildman–Crippen MR) is 119 cm³/mol. The number of amides is 3. The van der Waals surface area contributed by atoms with Gasteiger partial charge in [-0.15, -0.1) is 0 Å². The molecule has 0 aliphatic carbocycles. The molecule has 3 amide bonds. The Morgan fingerprint density at radius 3 is 2.27 bits per heavy atom. The van der Waals surface area contributed by atoms with Gasteiger partial charge in [-0.2, -0.15) is 0 Å². The first kappa shape index (κ1) is 22.8. The van der Waals surface area contributed by atoms with Crippen molar-refractivity contribution in [1.29, 1.82) is 0 Å². The standard InChI is InChI=1S/C24H26F2N4O3/c25-19-7-4-8-20(26)22(19)24(33)29-13-11-28(12-14-29)10-9-27-23(32)17-15-21(31)30(16-17)18-5-2-1-3-6-18/h1-8,17H,9-16H2,(H,27,32). The summed E-state index contributed by atoms with van der Waals surface area (Å²) < 4.78 is 27.8. The molecular formula is C24H26F2N4O3. The Morgan fingerprint density at radius 1 is 0.939 bits per heavy atom. The van der Waals surface area contributed by atoms with E-state index < -0.39 is 23.1 Å². The molecule has 2 aromatic carbocycles. The van der Waals surface area contributed by atoms with E-state index in [2.05, 4.69) is 10.2 Å². The first-order valence-electron chi connectivity index (χ1n) is 11.0. The third-order valence-electron chi connectivity index (χ3n) is 6.13. The van der Waals surface area contributed by atoms with Gasteiger partial charge in [-0.3, -0.25) is 19.3 Å². The number of para-hydroxylation sites is 1. The van der Waals surface area contributed by atoms with Crippen LogP contribution in [-0.4, -0.2) is 73.3 Å². The van der Waals surface area contributed by atoms with E-state index in [1.165, 1.54) is 11.0 Å². The van der Waals surface area contributed by atoms with Gasteiger partial charge in [-0.25, -0.2) is 8.78 Å².